The largest absolute Gasteiger partial charge is 0.363 e. The lowest BCUT2D eigenvalue weighted by molar-refractivity contribution is -0.708. The summed E-state index contributed by atoms with van der Waals surface area (Å²) in [6.45, 7) is 0. The standard InChI is InChI=1S/C7H9N3O/c8-6(7(9)11)10-4-2-1-3-5-10/h1-6H,8H2,(H-,9,11)/p+1. The molecule has 0 aliphatic heterocycles. The number of nitrogens with zero attached hydrogens (tertiary/aromatic N) is 1. The molecule has 1 amide bonds. The molecule has 0 fully saturated rings. The predicted octanol–water partition coefficient (Wildman–Crippen LogP) is -1.08. The lowest BCUT2D eigenvalue weighted by Gasteiger charge is -1.99. The second kappa shape index (κ2) is 3.12. The summed E-state index contributed by atoms with van der Waals surface area (Å²) in [6, 6.07) is 5.40. The molecule has 0 saturated heterocycles. The van der Waals surface area contributed by atoms with E-state index in [1.54, 1.807) is 29.1 Å². The van der Waals surface area contributed by atoms with E-state index < -0.39 is 12.1 Å². The summed E-state index contributed by atoms with van der Waals surface area (Å²) in [5.41, 5.74) is 10.4. The van der Waals surface area contributed by atoms with E-state index in [0.29, 0.717) is 0 Å². The van der Waals surface area contributed by atoms with Crippen molar-refractivity contribution in [2.45, 2.75) is 6.17 Å². The van der Waals surface area contributed by atoms with Crippen LogP contribution in [0.25, 0.3) is 0 Å². The molecule has 0 aliphatic rings. The number of amides is 1. The molecule has 4 heteroatoms. The molecule has 1 aromatic rings. The Hall–Kier alpha value is -1.42. The Balaban J connectivity index is 2.85. The molecular weight excluding hydrogens is 142 g/mol. The Morgan fingerprint density at radius 3 is 2.27 bits per heavy atom. The van der Waals surface area contributed by atoms with Crippen molar-refractivity contribution in [2.24, 2.45) is 11.5 Å². The molecule has 0 aromatic carbocycles. The van der Waals surface area contributed by atoms with Crippen molar-refractivity contribution in [1.82, 2.24) is 0 Å². The van der Waals surface area contributed by atoms with Crippen LogP contribution in [0.5, 0.6) is 0 Å². The summed E-state index contributed by atoms with van der Waals surface area (Å²) in [5.74, 6) is -0.541. The van der Waals surface area contributed by atoms with Crippen molar-refractivity contribution in [2.75, 3.05) is 0 Å². The molecule has 1 aromatic heterocycles. The highest BCUT2D eigenvalue weighted by atomic mass is 16.1. The maximum absolute atomic E-state index is 10.6. The summed E-state index contributed by atoms with van der Waals surface area (Å²) < 4.78 is 1.54. The van der Waals surface area contributed by atoms with E-state index in [1.165, 1.54) is 0 Å². The van der Waals surface area contributed by atoms with Crippen molar-refractivity contribution < 1.29 is 9.36 Å². The molecule has 0 saturated carbocycles. The van der Waals surface area contributed by atoms with Crippen LogP contribution in [-0.4, -0.2) is 5.91 Å². The van der Waals surface area contributed by atoms with Gasteiger partial charge >= 0.3 is 5.91 Å². The first kappa shape index (κ1) is 7.68. The van der Waals surface area contributed by atoms with Gasteiger partial charge < -0.3 is 5.73 Å². The number of aromatic nitrogens is 1. The van der Waals surface area contributed by atoms with Gasteiger partial charge in [-0.25, -0.2) is 0 Å². The topological polar surface area (TPSA) is 73.0 Å². The zero-order chi connectivity index (χ0) is 8.27. The number of rotatable bonds is 2. The van der Waals surface area contributed by atoms with Crippen LogP contribution >= 0.6 is 0 Å². The van der Waals surface area contributed by atoms with Crippen LogP contribution in [0.1, 0.15) is 6.17 Å². The van der Waals surface area contributed by atoms with E-state index in [-0.39, 0.29) is 0 Å². The molecule has 0 aliphatic carbocycles. The van der Waals surface area contributed by atoms with Crippen LogP contribution in [0.15, 0.2) is 30.6 Å². The molecule has 0 spiro atoms. The lowest BCUT2D eigenvalue weighted by atomic mass is 10.4. The molecular formula is C7H10N3O+. The SMILES string of the molecule is NC(=O)C(N)[n+]1ccccc1. The van der Waals surface area contributed by atoms with Crippen LogP contribution in [-0.2, 0) is 4.79 Å². The fourth-order valence-corrected chi connectivity index (χ4v) is 0.744. The average molecular weight is 152 g/mol. The molecule has 1 unspecified atom stereocenters. The van der Waals surface area contributed by atoms with Gasteiger partial charge in [-0.3, -0.25) is 10.5 Å². The van der Waals surface area contributed by atoms with Gasteiger partial charge in [-0.2, -0.15) is 4.57 Å². The highest BCUT2D eigenvalue weighted by Crippen LogP contribution is 1.83. The zero-order valence-electron chi connectivity index (χ0n) is 5.97. The molecule has 0 bridgehead atoms. The van der Waals surface area contributed by atoms with Crippen LogP contribution in [0.4, 0.5) is 0 Å². The van der Waals surface area contributed by atoms with Gasteiger partial charge in [0.25, 0.3) is 6.17 Å². The highest BCUT2D eigenvalue weighted by Gasteiger charge is 2.17. The first-order chi connectivity index (χ1) is 5.22. The summed E-state index contributed by atoms with van der Waals surface area (Å²) in [4.78, 5) is 10.6. The number of pyridine rings is 1. The Morgan fingerprint density at radius 2 is 1.82 bits per heavy atom. The average Bonchev–Trinajstić information content (AvgIpc) is 2.05. The molecule has 1 heterocycles. The quantitative estimate of drug-likeness (QED) is 0.529. The first-order valence-electron chi connectivity index (χ1n) is 3.22. The fourth-order valence-electron chi connectivity index (χ4n) is 0.744. The number of carbonyl (C=O) groups excluding carboxylic acids is 1. The van der Waals surface area contributed by atoms with E-state index in [4.69, 9.17) is 11.5 Å². The zero-order valence-corrected chi connectivity index (χ0v) is 5.97. The summed E-state index contributed by atoms with van der Waals surface area (Å²) in [6.07, 6.45) is 2.61. The van der Waals surface area contributed by atoms with E-state index in [0.717, 1.165) is 0 Å². The Kier molecular flexibility index (Phi) is 2.18. The maximum atomic E-state index is 10.6. The van der Waals surface area contributed by atoms with Gasteiger partial charge in [0.15, 0.2) is 12.4 Å². The lowest BCUT2D eigenvalue weighted by Crippen LogP contribution is -2.51. The van der Waals surface area contributed by atoms with Crippen molar-refractivity contribution >= 4 is 5.91 Å². The fraction of sp³-hybridized carbons (Fsp3) is 0.143. The minimum atomic E-state index is -0.767. The van der Waals surface area contributed by atoms with E-state index in [2.05, 4.69) is 0 Å². The normalized spacial score (nSPS) is 12.5. The highest BCUT2D eigenvalue weighted by molar-refractivity contribution is 5.75. The van der Waals surface area contributed by atoms with Crippen molar-refractivity contribution in [1.29, 1.82) is 0 Å². The smallest absolute Gasteiger partial charge is 0.302 e. The second-order valence-electron chi connectivity index (χ2n) is 2.17. The summed E-state index contributed by atoms with van der Waals surface area (Å²) in [7, 11) is 0. The molecule has 4 nitrogen and oxygen atoms in total. The van der Waals surface area contributed by atoms with Crippen LogP contribution < -0.4 is 16.0 Å². The Labute approximate surface area is 64.4 Å². The van der Waals surface area contributed by atoms with Gasteiger partial charge in [-0.15, -0.1) is 0 Å². The number of hydrogen-bond acceptors (Lipinski definition) is 2. The van der Waals surface area contributed by atoms with Gasteiger partial charge in [0, 0.05) is 12.1 Å². The Morgan fingerprint density at radius 1 is 1.27 bits per heavy atom. The van der Waals surface area contributed by atoms with Crippen LogP contribution in [0.2, 0.25) is 0 Å². The third-order valence-electron chi connectivity index (χ3n) is 1.35. The van der Waals surface area contributed by atoms with Gasteiger partial charge in [0.1, 0.15) is 0 Å². The first-order valence-corrected chi connectivity index (χ1v) is 3.22. The monoisotopic (exact) mass is 152 g/mol. The van der Waals surface area contributed by atoms with Crippen molar-refractivity contribution in [3.05, 3.63) is 30.6 Å². The number of hydrogen-bond donors (Lipinski definition) is 2. The third-order valence-corrected chi connectivity index (χ3v) is 1.35. The van der Waals surface area contributed by atoms with E-state index in [9.17, 15) is 4.79 Å². The number of carbonyl (C=O) groups is 1. The second-order valence-corrected chi connectivity index (χ2v) is 2.17. The van der Waals surface area contributed by atoms with Gasteiger partial charge in [-0.1, -0.05) is 6.07 Å². The van der Waals surface area contributed by atoms with Crippen LogP contribution in [0, 0.1) is 0 Å². The molecule has 1 atom stereocenters. The van der Waals surface area contributed by atoms with E-state index >= 15 is 0 Å². The number of primary amides is 1. The van der Waals surface area contributed by atoms with Crippen LogP contribution in [0.3, 0.4) is 0 Å². The van der Waals surface area contributed by atoms with Gasteiger partial charge in [0.05, 0.1) is 0 Å². The van der Waals surface area contributed by atoms with E-state index in [1.807, 2.05) is 6.07 Å². The third kappa shape index (κ3) is 1.75. The molecule has 0 radical (unpaired) electrons. The summed E-state index contributed by atoms with van der Waals surface area (Å²) in [5, 5.41) is 0. The summed E-state index contributed by atoms with van der Waals surface area (Å²) >= 11 is 0. The minimum Gasteiger partial charge on any atom is -0.363 e. The molecule has 4 N–H and O–H groups in total. The van der Waals surface area contributed by atoms with Gasteiger partial charge in [0.2, 0.25) is 0 Å². The Bertz CT molecular complexity index is 247. The number of nitrogens with two attached hydrogens (primary N) is 2. The molecule has 58 valence electrons. The molecule has 11 heavy (non-hydrogen) atoms. The molecule has 1 rings (SSSR count). The van der Waals surface area contributed by atoms with Gasteiger partial charge in [-0.05, 0) is 0 Å². The minimum absolute atomic E-state index is 0.541. The van der Waals surface area contributed by atoms with Crippen molar-refractivity contribution in [3.8, 4) is 0 Å². The van der Waals surface area contributed by atoms with Crippen molar-refractivity contribution in [3.63, 3.8) is 0 Å². The maximum Gasteiger partial charge on any atom is 0.302 e. The predicted molar refractivity (Wildman–Crippen MR) is 39.1 cm³/mol.